The molecule has 1 saturated heterocycles. The standard InChI is InChI=1S/C20H25N3O3S/c1-14-18(27-15(2)21-14)13-20(25)23-10-8-22(9-11-23)19(24)12-16-4-6-17(26-3)7-5-16/h4-7H,8-13H2,1-3H3. The predicted molar refractivity (Wildman–Crippen MR) is 105 cm³/mol. The molecule has 0 unspecified atom stereocenters. The summed E-state index contributed by atoms with van der Waals surface area (Å²) in [5.41, 5.74) is 1.91. The molecule has 27 heavy (non-hydrogen) atoms. The molecule has 144 valence electrons. The number of amides is 2. The molecule has 0 bridgehead atoms. The van der Waals surface area contributed by atoms with Gasteiger partial charge in [0, 0.05) is 31.1 Å². The number of hydrogen-bond acceptors (Lipinski definition) is 5. The first-order valence-corrected chi connectivity index (χ1v) is 9.89. The monoisotopic (exact) mass is 387 g/mol. The van der Waals surface area contributed by atoms with Crippen LogP contribution < -0.4 is 4.74 Å². The first kappa shape index (κ1) is 19.4. The number of benzene rings is 1. The molecule has 0 N–H and O–H groups in total. The number of carbonyl (C=O) groups excluding carboxylic acids is 2. The lowest BCUT2D eigenvalue weighted by Gasteiger charge is -2.35. The van der Waals surface area contributed by atoms with Crippen LogP contribution >= 0.6 is 11.3 Å². The number of hydrogen-bond donors (Lipinski definition) is 0. The molecule has 0 spiro atoms. The molecule has 6 nitrogen and oxygen atoms in total. The maximum Gasteiger partial charge on any atom is 0.228 e. The second-order valence-electron chi connectivity index (χ2n) is 6.70. The summed E-state index contributed by atoms with van der Waals surface area (Å²) in [4.78, 5) is 34.2. The minimum Gasteiger partial charge on any atom is -0.497 e. The molecule has 7 heteroatoms. The van der Waals surface area contributed by atoms with E-state index >= 15 is 0 Å². The van der Waals surface area contributed by atoms with Gasteiger partial charge in [0.25, 0.3) is 0 Å². The molecular formula is C20H25N3O3S. The number of ether oxygens (including phenoxy) is 1. The van der Waals surface area contributed by atoms with Gasteiger partial charge in [-0.3, -0.25) is 9.59 Å². The molecule has 1 fully saturated rings. The molecule has 1 aliphatic rings. The van der Waals surface area contributed by atoms with E-state index in [-0.39, 0.29) is 11.8 Å². The Kier molecular flexibility index (Phi) is 6.11. The van der Waals surface area contributed by atoms with Crippen LogP contribution in [0.5, 0.6) is 5.75 Å². The van der Waals surface area contributed by atoms with Crippen LogP contribution in [-0.2, 0) is 22.4 Å². The topological polar surface area (TPSA) is 62.7 Å². The average Bonchev–Trinajstić information content (AvgIpc) is 2.99. The van der Waals surface area contributed by atoms with Crippen LogP contribution in [0.15, 0.2) is 24.3 Å². The van der Waals surface area contributed by atoms with E-state index in [1.54, 1.807) is 18.4 Å². The van der Waals surface area contributed by atoms with Crippen molar-refractivity contribution in [2.24, 2.45) is 0 Å². The molecule has 2 amide bonds. The van der Waals surface area contributed by atoms with Crippen LogP contribution in [0.4, 0.5) is 0 Å². The maximum absolute atomic E-state index is 12.5. The summed E-state index contributed by atoms with van der Waals surface area (Å²) in [6.07, 6.45) is 0.772. The third-order valence-electron chi connectivity index (χ3n) is 4.81. The van der Waals surface area contributed by atoms with Crippen molar-refractivity contribution in [3.05, 3.63) is 45.4 Å². The molecular weight excluding hydrogens is 362 g/mol. The number of nitrogens with zero attached hydrogens (tertiary/aromatic N) is 3. The number of rotatable bonds is 5. The number of carbonyl (C=O) groups is 2. The fourth-order valence-electron chi connectivity index (χ4n) is 3.22. The maximum atomic E-state index is 12.5. The van der Waals surface area contributed by atoms with Gasteiger partial charge in [-0.05, 0) is 31.5 Å². The Morgan fingerprint density at radius 2 is 1.56 bits per heavy atom. The second kappa shape index (κ2) is 8.52. The third-order valence-corrected chi connectivity index (χ3v) is 5.88. The molecule has 2 aromatic rings. The molecule has 0 radical (unpaired) electrons. The highest BCUT2D eigenvalue weighted by atomic mass is 32.1. The van der Waals surface area contributed by atoms with Crippen molar-refractivity contribution in [1.82, 2.24) is 14.8 Å². The highest BCUT2D eigenvalue weighted by Gasteiger charge is 2.25. The first-order valence-electron chi connectivity index (χ1n) is 9.07. The smallest absolute Gasteiger partial charge is 0.228 e. The summed E-state index contributed by atoms with van der Waals surface area (Å²) >= 11 is 1.58. The molecule has 1 aliphatic heterocycles. The van der Waals surface area contributed by atoms with Gasteiger partial charge in [0.05, 0.1) is 30.7 Å². The second-order valence-corrected chi connectivity index (χ2v) is 7.99. The first-order chi connectivity index (χ1) is 13.0. The molecule has 0 saturated carbocycles. The van der Waals surface area contributed by atoms with E-state index < -0.39 is 0 Å². The summed E-state index contributed by atoms with van der Waals surface area (Å²) in [6, 6.07) is 7.55. The lowest BCUT2D eigenvalue weighted by molar-refractivity contribution is -0.138. The van der Waals surface area contributed by atoms with Crippen molar-refractivity contribution >= 4 is 23.2 Å². The Morgan fingerprint density at radius 1 is 1.00 bits per heavy atom. The van der Waals surface area contributed by atoms with E-state index in [2.05, 4.69) is 4.98 Å². The zero-order chi connectivity index (χ0) is 19.4. The summed E-state index contributed by atoms with van der Waals surface area (Å²) in [6.45, 7) is 6.25. The third kappa shape index (κ3) is 4.86. The number of methoxy groups -OCH3 is 1. The fraction of sp³-hybridized carbons (Fsp3) is 0.450. The number of aryl methyl sites for hydroxylation is 2. The van der Waals surface area contributed by atoms with Crippen LogP contribution in [0.2, 0.25) is 0 Å². The van der Waals surface area contributed by atoms with Gasteiger partial charge in [0.15, 0.2) is 0 Å². The minimum absolute atomic E-state index is 0.0983. The quantitative estimate of drug-likeness (QED) is 0.789. The summed E-state index contributed by atoms with van der Waals surface area (Å²) in [7, 11) is 1.62. The molecule has 2 heterocycles. The Balaban J connectivity index is 1.49. The minimum atomic E-state index is 0.0983. The number of thiazole rings is 1. The van der Waals surface area contributed by atoms with Gasteiger partial charge in [-0.25, -0.2) is 4.98 Å². The van der Waals surface area contributed by atoms with Crippen LogP contribution in [0.25, 0.3) is 0 Å². The number of piperazine rings is 1. The van der Waals surface area contributed by atoms with E-state index in [4.69, 9.17) is 4.74 Å². The van der Waals surface area contributed by atoms with Gasteiger partial charge in [0.2, 0.25) is 11.8 Å². The lowest BCUT2D eigenvalue weighted by atomic mass is 10.1. The Labute approximate surface area is 163 Å². The summed E-state index contributed by atoms with van der Waals surface area (Å²) in [5.74, 6) is 0.995. The highest BCUT2D eigenvalue weighted by Crippen LogP contribution is 2.19. The SMILES string of the molecule is COc1ccc(CC(=O)N2CCN(C(=O)Cc3sc(C)nc3C)CC2)cc1. The zero-order valence-electron chi connectivity index (χ0n) is 16.0. The molecule has 1 aromatic carbocycles. The van der Waals surface area contributed by atoms with Gasteiger partial charge in [-0.1, -0.05) is 12.1 Å². The van der Waals surface area contributed by atoms with E-state index in [1.807, 2.05) is 47.9 Å². The summed E-state index contributed by atoms with van der Waals surface area (Å²) < 4.78 is 5.14. The highest BCUT2D eigenvalue weighted by molar-refractivity contribution is 7.11. The Morgan fingerprint density at radius 3 is 2.04 bits per heavy atom. The van der Waals surface area contributed by atoms with Gasteiger partial charge in [-0.2, -0.15) is 0 Å². The van der Waals surface area contributed by atoms with Gasteiger partial charge in [0.1, 0.15) is 5.75 Å². The van der Waals surface area contributed by atoms with E-state index in [0.717, 1.165) is 26.9 Å². The Bertz CT molecular complexity index is 808. The van der Waals surface area contributed by atoms with E-state index in [1.165, 1.54) is 0 Å². The van der Waals surface area contributed by atoms with Crippen molar-refractivity contribution in [3.8, 4) is 5.75 Å². The van der Waals surface area contributed by atoms with Crippen LogP contribution in [0, 0.1) is 13.8 Å². The van der Waals surface area contributed by atoms with Crippen LogP contribution in [-0.4, -0.2) is 59.9 Å². The molecule has 0 atom stereocenters. The number of aromatic nitrogens is 1. The van der Waals surface area contributed by atoms with Gasteiger partial charge in [-0.15, -0.1) is 11.3 Å². The normalized spacial score (nSPS) is 14.3. The van der Waals surface area contributed by atoms with Crippen molar-refractivity contribution < 1.29 is 14.3 Å². The van der Waals surface area contributed by atoms with Gasteiger partial charge < -0.3 is 14.5 Å². The Hall–Kier alpha value is -2.41. The summed E-state index contributed by atoms with van der Waals surface area (Å²) in [5, 5.41) is 0.990. The van der Waals surface area contributed by atoms with Gasteiger partial charge >= 0.3 is 0 Å². The average molecular weight is 388 g/mol. The van der Waals surface area contributed by atoms with Crippen molar-refractivity contribution in [2.75, 3.05) is 33.3 Å². The molecule has 1 aromatic heterocycles. The predicted octanol–water partition coefficient (Wildman–Crippen LogP) is 2.22. The zero-order valence-corrected chi connectivity index (χ0v) is 16.8. The van der Waals surface area contributed by atoms with Crippen molar-refractivity contribution in [3.63, 3.8) is 0 Å². The fourth-order valence-corrected chi connectivity index (χ4v) is 4.15. The van der Waals surface area contributed by atoms with E-state index in [0.29, 0.717) is 39.0 Å². The largest absolute Gasteiger partial charge is 0.497 e. The lowest BCUT2D eigenvalue weighted by Crippen LogP contribution is -2.51. The molecule has 0 aliphatic carbocycles. The van der Waals surface area contributed by atoms with E-state index in [9.17, 15) is 9.59 Å². The molecule has 3 rings (SSSR count). The van der Waals surface area contributed by atoms with Crippen molar-refractivity contribution in [2.45, 2.75) is 26.7 Å². The van der Waals surface area contributed by atoms with Crippen molar-refractivity contribution in [1.29, 1.82) is 0 Å². The van der Waals surface area contributed by atoms with Crippen LogP contribution in [0.3, 0.4) is 0 Å². The van der Waals surface area contributed by atoms with Crippen LogP contribution in [0.1, 0.15) is 21.1 Å².